The number of carbonyl (C=O) groups is 1. The molecule has 1 aliphatic rings. The van der Waals surface area contributed by atoms with Gasteiger partial charge < -0.3 is 16.3 Å². The Morgan fingerprint density at radius 1 is 1.58 bits per heavy atom. The molecule has 0 aromatic carbocycles. The van der Waals surface area contributed by atoms with Crippen molar-refractivity contribution in [3.63, 3.8) is 0 Å². The molecule has 0 spiro atoms. The van der Waals surface area contributed by atoms with Gasteiger partial charge in [-0.3, -0.25) is 4.79 Å². The third-order valence-electron chi connectivity index (χ3n) is 3.59. The van der Waals surface area contributed by atoms with Crippen LogP contribution in [0.2, 0.25) is 0 Å². The van der Waals surface area contributed by atoms with Crippen LogP contribution in [0, 0.1) is 5.41 Å². The number of nitrogens with two attached hydrogens (primary N) is 1. The lowest BCUT2D eigenvalue weighted by molar-refractivity contribution is -0.128. The zero-order valence-electron chi connectivity index (χ0n) is 10.6. The molecule has 1 atom stereocenters. The number of tetrazole rings is 1. The summed E-state index contributed by atoms with van der Waals surface area (Å²) in [6, 6.07) is -0.393. The molecule has 0 saturated heterocycles. The number of H-pyrrole nitrogens is 1. The largest absolute Gasteiger partial charge is 0.409 e. The quantitative estimate of drug-likeness (QED) is 0.255. The predicted octanol–water partition coefficient (Wildman–Crippen LogP) is -0.316. The van der Waals surface area contributed by atoms with Crippen LogP contribution in [0.3, 0.4) is 0 Å². The number of nitrogens with one attached hydrogen (secondary N) is 2. The average Bonchev–Trinajstić information content (AvgIpc) is 3.09. The van der Waals surface area contributed by atoms with Gasteiger partial charge in [-0.15, -0.1) is 10.2 Å². The van der Waals surface area contributed by atoms with Crippen molar-refractivity contribution in [2.75, 3.05) is 0 Å². The Bertz CT molecular complexity index is 464. The molecule has 104 valence electrons. The van der Waals surface area contributed by atoms with E-state index in [9.17, 15) is 4.79 Å². The van der Waals surface area contributed by atoms with Gasteiger partial charge in [0.25, 0.3) is 0 Å². The van der Waals surface area contributed by atoms with Crippen molar-refractivity contribution in [2.45, 2.75) is 38.6 Å². The molecule has 1 fully saturated rings. The van der Waals surface area contributed by atoms with Gasteiger partial charge in [-0.2, -0.15) is 5.21 Å². The number of hydrogen-bond acceptors (Lipinski definition) is 6. The molecule has 1 amide bonds. The summed E-state index contributed by atoms with van der Waals surface area (Å²) in [5.41, 5.74) is 4.77. The molecule has 0 aliphatic heterocycles. The summed E-state index contributed by atoms with van der Waals surface area (Å²) < 4.78 is 0. The van der Waals surface area contributed by atoms with Gasteiger partial charge in [-0.05, 0) is 19.8 Å². The van der Waals surface area contributed by atoms with Crippen LogP contribution in [0.1, 0.15) is 44.5 Å². The molecule has 0 radical (unpaired) electrons. The summed E-state index contributed by atoms with van der Waals surface area (Å²) in [4.78, 5) is 12.4. The molecule has 1 saturated carbocycles. The van der Waals surface area contributed by atoms with E-state index in [0.29, 0.717) is 18.7 Å². The maximum Gasteiger partial charge on any atom is 0.234 e. The smallest absolute Gasteiger partial charge is 0.234 e. The molecule has 1 aromatic rings. The van der Waals surface area contributed by atoms with Crippen LogP contribution in [0.15, 0.2) is 5.16 Å². The third-order valence-corrected chi connectivity index (χ3v) is 3.59. The number of amides is 1. The Labute approximate surface area is 109 Å². The lowest BCUT2D eigenvalue weighted by Crippen LogP contribution is -2.48. The number of hydrogen-bond donors (Lipinski definition) is 4. The summed E-state index contributed by atoms with van der Waals surface area (Å²) >= 11 is 0. The number of amidine groups is 1. The molecule has 19 heavy (non-hydrogen) atoms. The minimum atomic E-state index is -0.924. The van der Waals surface area contributed by atoms with E-state index in [4.69, 9.17) is 10.9 Å². The fourth-order valence-electron chi connectivity index (χ4n) is 2.43. The highest BCUT2D eigenvalue weighted by atomic mass is 16.4. The maximum absolute atomic E-state index is 12.4. The van der Waals surface area contributed by atoms with Gasteiger partial charge in [-0.25, -0.2) is 0 Å². The lowest BCUT2D eigenvalue weighted by Gasteiger charge is -2.27. The van der Waals surface area contributed by atoms with Gasteiger partial charge in [-0.1, -0.05) is 23.2 Å². The lowest BCUT2D eigenvalue weighted by atomic mass is 9.83. The molecule has 5 N–H and O–H groups in total. The second kappa shape index (κ2) is 5.21. The van der Waals surface area contributed by atoms with E-state index in [1.165, 1.54) is 0 Å². The summed E-state index contributed by atoms with van der Waals surface area (Å²) in [5, 5.41) is 28.1. The van der Waals surface area contributed by atoms with E-state index in [-0.39, 0.29) is 11.7 Å². The van der Waals surface area contributed by atoms with Crippen LogP contribution < -0.4 is 11.1 Å². The fraction of sp³-hybridized carbons (Fsp3) is 0.700. The topological polar surface area (TPSA) is 142 Å². The highest BCUT2D eigenvalue weighted by molar-refractivity contribution is 6.07. The van der Waals surface area contributed by atoms with Gasteiger partial charge in [0.15, 0.2) is 11.7 Å². The second-order valence-corrected chi connectivity index (χ2v) is 4.74. The highest BCUT2D eigenvalue weighted by Crippen LogP contribution is 2.39. The number of nitrogens with zero attached hydrogens (tertiary/aromatic N) is 4. The maximum atomic E-state index is 12.4. The first-order chi connectivity index (χ1) is 9.10. The monoisotopic (exact) mass is 267 g/mol. The first-order valence-corrected chi connectivity index (χ1v) is 6.12. The molecule has 1 unspecified atom stereocenters. The van der Waals surface area contributed by atoms with E-state index < -0.39 is 11.5 Å². The van der Waals surface area contributed by atoms with Gasteiger partial charge in [0.05, 0.1) is 6.04 Å². The van der Waals surface area contributed by atoms with E-state index in [1.807, 2.05) is 0 Å². The Morgan fingerprint density at radius 3 is 2.79 bits per heavy atom. The van der Waals surface area contributed by atoms with Crippen LogP contribution in [0.4, 0.5) is 0 Å². The van der Waals surface area contributed by atoms with Gasteiger partial charge in [0, 0.05) is 0 Å². The van der Waals surface area contributed by atoms with Crippen LogP contribution >= 0.6 is 0 Å². The summed E-state index contributed by atoms with van der Waals surface area (Å²) in [6.07, 6.45) is 2.90. The Balaban J connectivity index is 2.13. The molecular weight excluding hydrogens is 250 g/mol. The van der Waals surface area contributed by atoms with Gasteiger partial charge in [0.2, 0.25) is 5.91 Å². The van der Waals surface area contributed by atoms with Crippen molar-refractivity contribution in [3.8, 4) is 0 Å². The Kier molecular flexibility index (Phi) is 3.63. The minimum Gasteiger partial charge on any atom is -0.409 e. The molecular formula is C10H17N7O2. The number of carbonyl (C=O) groups excluding carboxylic acids is 1. The van der Waals surface area contributed by atoms with Gasteiger partial charge in [0.1, 0.15) is 5.41 Å². The number of aromatic amines is 1. The molecule has 2 rings (SSSR count). The first kappa shape index (κ1) is 13.2. The van der Waals surface area contributed by atoms with E-state index in [2.05, 4.69) is 31.1 Å². The van der Waals surface area contributed by atoms with Crippen molar-refractivity contribution >= 4 is 11.7 Å². The normalized spacial score (nSPS) is 20.2. The second-order valence-electron chi connectivity index (χ2n) is 4.74. The van der Waals surface area contributed by atoms with Crippen LogP contribution in [0.5, 0.6) is 0 Å². The first-order valence-electron chi connectivity index (χ1n) is 6.12. The SMILES string of the molecule is CC(NC(=O)C1(C(N)=NO)CCCC1)c1nn[nH]n1. The van der Waals surface area contributed by atoms with Gasteiger partial charge >= 0.3 is 0 Å². The molecule has 0 bridgehead atoms. The Morgan fingerprint density at radius 2 is 2.26 bits per heavy atom. The van der Waals surface area contributed by atoms with Crippen LogP contribution in [-0.4, -0.2) is 37.6 Å². The van der Waals surface area contributed by atoms with Crippen molar-refractivity contribution < 1.29 is 10.0 Å². The molecule has 9 heteroatoms. The summed E-state index contributed by atoms with van der Waals surface area (Å²) in [5.74, 6) is 0.0846. The fourth-order valence-corrected chi connectivity index (χ4v) is 2.43. The van der Waals surface area contributed by atoms with Crippen LogP contribution in [-0.2, 0) is 4.79 Å². The minimum absolute atomic E-state index is 0.0391. The zero-order valence-corrected chi connectivity index (χ0v) is 10.6. The highest BCUT2D eigenvalue weighted by Gasteiger charge is 2.45. The third kappa shape index (κ3) is 2.35. The van der Waals surface area contributed by atoms with Crippen LogP contribution in [0.25, 0.3) is 0 Å². The number of rotatable bonds is 4. The Hall–Kier alpha value is -2.19. The van der Waals surface area contributed by atoms with E-state index in [1.54, 1.807) is 6.92 Å². The molecule has 1 aromatic heterocycles. The average molecular weight is 267 g/mol. The molecule has 9 nitrogen and oxygen atoms in total. The number of aromatic nitrogens is 4. The molecule has 1 aliphatic carbocycles. The van der Waals surface area contributed by atoms with Crippen molar-refractivity contribution in [3.05, 3.63) is 5.82 Å². The molecule has 1 heterocycles. The standard InChI is InChI=1S/C10H17N7O2/c1-6(7-13-16-17-14-7)12-9(18)10(8(11)15-19)4-2-3-5-10/h6,19H,2-5H2,1H3,(H2,11,15)(H,12,18)(H,13,14,16,17). The predicted molar refractivity (Wildman–Crippen MR) is 65.0 cm³/mol. The van der Waals surface area contributed by atoms with Crippen molar-refractivity contribution in [1.82, 2.24) is 25.9 Å². The summed E-state index contributed by atoms with van der Waals surface area (Å²) in [6.45, 7) is 1.75. The zero-order chi connectivity index (χ0) is 13.9. The number of oxime groups is 1. The van der Waals surface area contributed by atoms with Crippen molar-refractivity contribution in [2.24, 2.45) is 16.3 Å². The van der Waals surface area contributed by atoms with Crippen molar-refractivity contribution in [1.29, 1.82) is 0 Å². The van der Waals surface area contributed by atoms with E-state index >= 15 is 0 Å². The summed E-state index contributed by atoms with van der Waals surface area (Å²) in [7, 11) is 0. The van der Waals surface area contributed by atoms with E-state index in [0.717, 1.165) is 12.8 Å².